The van der Waals surface area contributed by atoms with Crippen LogP contribution in [-0.4, -0.2) is 40.8 Å². The Kier molecular flexibility index (Phi) is 5.99. The average Bonchev–Trinajstić information content (AvgIpc) is 3.20. The highest BCUT2D eigenvalue weighted by Crippen LogP contribution is 2.35. The lowest BCUT2D eigenvalue weighted by Crippen LogP contribution is -2.50. The van der Waals surface area contributed by atoms with Crippen molar-refractivity contribution < 1.29 is 9.59 Å². The number of hydrogen-bond donors (Lipinski definition) is 1. The number of hydrogen-bond acceptors (Lipinski definition) is 5. The molecule has 8 heteroatoms. The Hall–Kier alpha value is -1.44. The van der Waals surface area contributed by atoms with Crippen molar-refractivity contribution in [3.05, 3.63) is 27.0 Å². The number of amides is 2. The molecule has 0 bridgehead atoms. The maximum absolute atomic E-state index is 13.0. The van der Waals surface area contributed by atoms with Crippen molar-refractivity contribution in [2.75, 3.05) is 13.1 Å². The first kappa shape index (κ1) is 19.3. The molecule has 2 aromatic rings. The van der Waals surface area contributed by atoms with Gasteiger partial charge in [-0.05, 0) is 31.9 Å². The summed E-state index contributed by atoms with van der Waals surface area (Å²) >= 11 is 8.88. The predicted octanol–water partition coefficient (Wildman–Crippen LogP) is 4.21. The van der Waals surface area contributed by atoms with E-state index in [-0.39, 0.29) is 23.8 Å². The Bertz CT molecular complexity index is 815. The monoisotopic (exact) mass is 411 g/mol. The minimum absolute atomic E-state index is 0.00241. The maximum Gasteiger partial charge on any atom is 0.265 e. The third kappa shape index (κ3) is 4.27. The van der Waals surface area contributed by atoms with E-state index in [0.717, 1.165) is 28.4 Å². The summed E-state index contributed by atoms with van der Waals surface area (Å²) in [5.41, 5.74) is 0.743. The van der Waals surface area contributed by atoms with Crippen LogP contribution in [0.3, 0.4) is 0 Å². The van der Waals surface area contributed by atoms with Gasteiger partial charge in [-0.2, -0.15) is 0 Å². The molecular weight excluding hydrogens is 390 g/mol. The van der Waals surface area contributed by atoms with E-state index in [4.69, 9.17) is 11.6 Å². The third-order valence-electron chi connectivity index (χ3n) is 4.35. The summed E-state index contributed by atoms with van der Waals surface area (Å²) in [4.78, 5) is 33.0. The summed E-state index contributed by atoms with van der Waals surface area (Å²) in [7, 11) is 0. The fourth-order valence-corrected chi connectivity index (χ4v) is 5.05. The number of aromatic nitrogens is 1. The molecule has 1 aliphatic heterocycles. The smallest absolute Gasteiger partial charge is 0.265 e. The van der Waals surface area contributed by atoms with Gasteiger partial charge < -0.3 is 10.2 Å². The van der Waals surface area contributed by atoms with Gasteiger partial charge in [-0.3, -0.25) is 9.59 Å². The fourth-order valence-electron chi connectivity index (χ4n) is 2.92. The topological polar surface area (TPSA) is 62.3 Å². The lowest BCUT2D eigenvalue weighted by molar-refractivity contribution is -0.125. The highest BCUT2D eigenvalue weighted by molar-refractivity contribution is 7.24. The van der Waals surface area contributed by atoms with Gasteiger partial charge in [-0.25, -0.2) is 4.98 Å². The summed E-state index contributed by atoms with van der Waals surface area (Å²) in [6, 6.07) is 3.79. The van der Waals surface area contributed by atoms with Crippen molar-refractivity contribution in [3.63, 3.8) is 0 Å². The molecule has 1 fully saturated rings. The van der Waals surface area contributed by atoms with E-state index < -0.39 is 0 Å². The SMILES string of the molecule is Cc1nc(-c2ccc(Cl)s2)sc1C(=O)N1CCCC(NC(=O)C(C)C)C1. The van der Waals surface area contributed by atoms with Gasteiger partial charge in [0.15, 0.2) is 0 Å². The van der Waals surface area contributed by atoms with Gasteiger partial charge in [0.1, 0.15) is 9.88 Å². The number of nitrogens with zero attached hydrogens (tertiary/aromatic N) is 2. The lowest BCUT2D eigenvalue weighted by Gasteiger charge is -2.33. The highest BCUT2D eigenvalue weighted by atomic mass is 35.5. The largest absolute Gasteiger partial charge is 0.351 e. The van der Waals surface area contributed by atoms with Gasteiger partial charge in [-0.1, -0.05) is 25.4 Å². The molecule has 0 saturated carbocycles. The molecule has 26 heavy (non-hydrogen) atoms. The van der Waals surface area contributed by atoms with Crippen LogP contribution in [0.4, 0.5) is 0 Å². The Morgan fingerprint density at radius 3 is 2.77 bits per heavy atom. The fraction of sp³-hybridized carbons (Fsp3) is 0.500. The molecule has 5 nitrogen and oxygen atoms in total. The van der Waals surface area contributed by atoms with E-state index in [1.165, 1.54) is 22.7 Å². The summed E-state index contributed by atoms with van der Waals surface area (Å²) < 4.78 is 0.709. The van der Waals surface area contributed by atoms with E-state index in [9.17, 15) is 9.59 Å². The zero-order valence-corrected chi connectivity index (χ0v) is 17.4. The molecule has 3 heterocycles. The molecule has 1 atom stereocenters. The van der Waals surface area contributed by atoms with E-state index >= 15 is 0 Å². The molecule has 0 radical (unpaired) electrons. The van der Waals surface area contributed by atoms with Crippen molar-refractivity contribution in [1.29, 1.82) is 0 Å². The first-order valence-electron chi connectivity index (χ1n) is 8.68. The summed E-state index contributed by atoms with van der Waals surface area (Å²) in [6.07, 6.45) is 1.79. The number of thiazole rings is 1. The first-order valence-corrected chi connectivity index (χ1v) is 10.7. The molecular formula is C18H22ClN3O2S2. The van der Waals surface area contributed by atoms with Crippen LogP contribution in [-0.2, 0) is 4.79 Å². The molecule has 1 saturated heterocycles. The molecule has 140 valence electrons. The number of piperidine rings is 1. The van der Waals surface area contributed by atoms with Gasteiger partial charge >= 0.3 is 0 Å². The second-order valence-corrected chi connectivity index (χ2v) is 9.51. The van der Waals surface area contributed by atoms with Crippen molar-refractivity contribution in [2.45, 2.75) is 39.7 Å². The number of halogens is 1. The van der Waals surface area contributed by atoms with Crippen LogP contribution < -0.4 is 5.32 Å². The maximum atomic E-state index is 13.0. The normalized spacial score (nSPS) is 17.6. The molecule has 0 spiro atoms. The van der Waals surface area contributed by atoms with Crippen LogP contribution >= 0.6 is 34.3 Å². The van der Waals surface area contributed by atoms with Crippen LogP contribution in [0.1, 0.15) is 42.1 Å². The highest BCUT2D eigenvalue weighted by Gasteiger charge is 2.28. The van der Waals surface area contributed by atoms with Crippen LogP contribution in [0.2, 0.25) is 4.34 Å². The summed E-state index contributed by atoms with van der Waals surface area (Å²) in [5, 5.41) is 3.87. The lowest BCUT2D eigenvalue weighted by atomic mass is 10.0. The van der Waals surface area contributed by atoms with Gasteiger partial charge in [0.2, 0.25) is 5.91 Å². The Labute approximate surface area is 166 Å². The standard InChI is InChI=1S/C18H22ClN3O2S2/c1-10(2)16(23)21-12-5-4-8-22(9-12)18(24)15-11(3)20-17(26-15)13-6-7-14(19)25-13/h6-7,10,12H,4-5,8-9H2,1-3H3,(H,21,23). The van der Waals surface area contributed by atoms with E-state index in [0.29, 0.717) is 22.3 Å². The number of rotatable bonds is 4. The van der Waals surface area contributed by atoms with Crippen LogP contribution in [0.25, 0.3) is 9.88 Å². The number of carbonyl (C=O) groups is 2. The quantitative estimate of drug-likeness (QED) is 0.819. The second kappa shape index (κ2) is 8.06. The first-order chi connectivity index (χ1) is 12.3. The Balaban J connectivity index is 1.72. The number of nitrogens with one attached hydrogen (secondary N) is 1. The van der Waals surface area contributed by atoms with E-state index in [1.807, 2.05) is 37.8 Å². The Morgan fingerprint density at radius 2 is 2.12 bits per heavy atom. The minimum Gasteiger partial charge on any atom is -0.351 e. The van der Waals surface area contributed by atoms with Crippen molar-refractivity contribution >= 4 is 46.1 Å². The van der Waals surface area contributed by atoms with Crippen LogP contribution in [0.15, 0.2) is 12.1 Å². The Morgan fingerprint density at radius 1 is 1.35 bits per heavy atom. The summed E-state index contributed by atoms with van der Waals surface area (Å²) in [6.45, 7) is 6.88. The van der Waals surface area contributed by atoms with Gasteiger partial charge in [0, 0.05) is 25.0 Å². The summed E-state index contributed by atoms with van der Waals surface area (Å²) in [5.74, 6) is -0.0162. The minimum atomic E-state index is -0.0509. The molecule has 2 amide bonds. The van der Waals surface area contributed by atoms with Gasteiger partial charge in [0.25, 0.3) is 5.91 Å². The average molecular weight is 412 g/mol. The number of likely N-dealkylation sites (tertiary alicyclic amines) is 1. The molecule has 1 aliphatic rings. The van der Waals surface area contributed by atoms with Gasteiger partial charge in [0.05, 0.1) is 14.9 Å². The molecule has 1 unspecified atom stereocenters. The van der Waals surface area contributed by atoms with E-state index in [1.54, 1.807) is 0 Å². The number of carbonyl (C=O) groups excluding carboxylic acids is 2. The van der Waals surface area contributed by atoms with Crippen LogP contribution in [0.5, 0.6) is 0 Å². The zero-order valence-electron chi connectivity index (χ0n) is 15.0. The molecule has 0 aromatic carbocycles. The zero-order chi connectivity index (χ0) is 18.8. The van der Waals surface area contributed by atoms with Crippen LogP contribution in [0, 0.1) is 12.8 Å². The van der Waals surface area contributed by atoms with Crippen molar-refractivity contribution in [3.8, 4) is 9.88 Å². The molecule has 1 N–H and O–H groups in total. The number of thiophene rings is 1. The molecule has 3 rings (SSSR count). The van der Waals surface area contributed by atoms with E-state index in [2.05, 4.69) is 10.3 Å². The van der Waals surface area contributed by atoms with Crippen molar-refractivity contribution in [1.82, 2.24) is 15.2 Å². The van der Waals surface area contributed by atoms with Gasteiger partial charge in [-0.15, -0.1) is 22.7 Å². The number of aryl methyl sites for hydroxylation is 1. The predicted molar refractivity (Wildman–Crippen MR) is 107 cm³/mol. The van der Waals surface area contributed by atoms with Crippen molar-refractivity contribution in [2.24, 2.45) is 5.92 Å². The second-order valence-electron chi connectivity index (χ2n) is 6.79. The third-order valence-corrected chi connectivity index (χ3v) is 6.90. The molecule has 0 aliphatic carbocycles. The molecule has 2 aromatic heterocycles.